The first kappa shape index (κ1) is 11.8. The Morgan fingerprint density at radius 1 is 1.21 bits per heavy atom. The Labute approximate surface area is 95.9 Å². The SMILES string of the molecule is CCCc1ccc(C(C)(C)C)c(Br)c1. The van der Waals surface area contributed by atoms with Gasteiger partial charge in [0, 0.05) is 4.47 Å². The van der Waals surface area contributed by atoms with Gasteiger partial charge in [-0.05, 0) is 29.0 Å². The average molecular weight is 255 g/mol. The normalized spacial score (nSPS) is 11.8. The predicted octanol–water partition coefficient (Wildman–Crippen LogP) is 4.70. The van der Waals surface area contributed by atoms with Crippen LogP contribution in [-0.2, 0) is 11.8 Å². The largest absolute Gasteiger partial charge is 0.0651 e. The molecular weight excluding hydrogens is 236 g/mol. The zero-order chi connectivity index (χ0) is 10.8. The lowest BCUT2D eigenvalue weighted by atomic mass is 9.86. The van der Waals surface area contributed by atoms with Crippen molar-refractivity contribution in [3.63, 3.8) is 0 Å². The second-order valence-corrected chi connectivity index (χ2v) is 5.67. The van der Waals surface area contributed by atoms with Crippen molar-refractivity contribution in [2.24, 2.45) is 0 Å². The van der Waals surface area contributed by atoms with Crippen molar-refractivity contribution in [3.8, 4) is 0 Å². The van der Waals surface area contributed by atoms with Gasteiger partial charge < -0.3 is 0 Å². The molecule has 1 rings (SSSR count). The maximum atomic E-state index is 3.65. The topological polar surface area (TPSA) is 0 Å². The lowest BCUT2D eigenvalue weighted by Gasteiger charge is -2.21. The van der Waals surface area contributed by atoms with Crippen molar-refractivity contribution in [2.45, 2.75) is 46.0 Å². The quantitative estimate of drug-likeness (QED) is 0.718. The van der Waals surface area contributed by atoms with Gasteiger partial charge in [-0.3, -0.25) is 0 Å². The molecule has 0 saturated carbocycles. The third kappa shape index (κ3) is 2.84. The predicted molar refractivity (Wildman–Crippen MR) is 66.8 cm³/mol. The summed E-state index contributed by atoms with van der Waals surface area (Å²) in [5.41, 5.74) is 3.04. The molecule has 0 heterocycles. The molecule has 0 aliphatic rings. The third-order valence-corrected chi connectivity index (χ3v) is 3.04. The molecule has 0 aliphatic carbocycles. The number of hydrogen-bond donors (Lipinski definition) is 0. The summed E-state index contributed by atoms with van der Waals surface area (Å²) in [6.07, 6.45) is 2.38. The van der Waals surface area contributed by atoms with Crippen LogP contribution in [0.5, 0.6) is 0 Å². The number of halogens is 1. The van der Waals surface area contributed by atoms with Crippen LogP contribution in [0.15, 0.2) is 22.7 Å². The molecule has 1 aromatic rings. The molecule has 0 saturated heterocycles. The molecule has 0 aliphatic heterocycles. The maximum Gasteiger partial charge on any atom is 0.0215 e. The van der Waals surface area contributed by atoms with E-state index < -0.39 is 0 Å². The Balaban J connectivity index is 3.02. The molecule has 0 bridgehead atoms. The Bertz CT molecular complexity index is 308. The summed E-state index contributed by atoms with van der Waals surface area (Å²) in [4.78, 5) is 0. The molecule has 0 atom stereocenters. The van der Waals surface area contributed by atoms with Gasteiger partial charge in [-0.1, -0.05) is 62.2 Å². The molecule has 0 aromatic heterocycles. The number of hydrogen-bond acceptors (Lipinski definition) is 0. The van der Waals surface area contributed by atoms with Gasteiger partial charge >= 0.3 is 0 Å². The first-order valence-corrected chi connectivity index (χ1v) is 6.03. The Kier molecular flexibility index (Phi) is 3.77. The first-order chi connectivity index (χ1) is 6.45. The van der Waals surface area contributed by atoms with Gasteiger partial charge in [-0.2, -0.15) is 0 Å². The minimum Gasteiger partial charge on any atom is -0.0651 e. The van der Waals surface area contributed by atoms with Crippen molar-refractivity contribution in [1.82, 2.24) is 0 Å². The Hall–Kier alpha value is -0.300. The van der Waals surface area contributed by atoms with Crippen molar-refractivity contribution >= 4 is 15.9 Å². The fourth-order valence-corrected chi connectivity index (χ4v) is 2.63. The highest BCUT2D eigenvalue weighted by Crippen LogP contribution is 2.30. The van der Waals surface area contributed by atoms with Crippen LogP contribution >= 0.6 is 15.9 Å². The Morgan fingerprint density at radius 3 is 2.29 bits per heavy atom. The minimum absolute atomic E-state index is 0.226. The van der Waals surface area contributed by atoms with E-state index in [0.29, 0.717) is 0 Å². The molecule has 0 radical (unpaired) electrons. The van der Waals surface area contributed by atoms with Crippen molar-refractivity contribution < 1.29 is 0 Å². The van der Waals surface area contributed by atoms with Gasteiger partial charge in [0.2, 0.25) is 0 Å². The van der Waals surface area contributed by atoms with Crippen LogP contribution in [0.25, 0.3) is 0 Å². The van der Waals surface area contributed by atoms with Crippen LogP contribution in [0.1, 0.15) is 45.2 Å². The highest BCUT2D eigenvalue weighted by atomic mass is 79.9. The van der Waals surface area contributed by atoms with E-state index in [9.17, 15) is 0 Å². The molecule has 0 spiro atoms. The van der Waals surface area contributed by atoms with Crippen LogP contribution < -0.4 is 0 Å². The smallest absolute Gasteiger partial charge is 0.0215 e. The molecule has 0 fully saturated rings. The van der Waals surface area contributed by atoms with E-state index in [1.807, 2.05) is 0 Å². The first-order valence-electron chi connectivity index (χ1n) is 5.24. The van der Waals surface area contributed by atoms with E-state index in [4.69, 9.17) is 0 Å². The lowest BCUT2D eigenvalue weighted by Crippen LogP contribution is -2.11. The Morgan fingerprint density at radius 2 is 1.86 bits per heavy atom. The summed E-state index contributed by atoms with van der Waals surface area (Å²) < 4.78 is 1.25. The molecule has 0 unspecified atom stereocenters. The van der Waals surface area contributed by atoms with E-state index in [0.717, 1.165) is 0 Å². The maximum absolute atomic E-state index is 3.65. The van der Waals surface area contributed by atoms with Crippen LogP contribution in [0.3, 0.4) is 0 Å². The van der Waals surface area contributed by atoms with E-state index in [1.165, 1.54) is 28.4 Å². The van der Waals surface area contributed by atoms with Gasteiger partial charge in [-0.25, -0.2) is 0 Å². The molecular formula is C13H19Br. The summed E-state index contributed by atoms with van der Waals surface area (Å²) in [5.74, 6) is 0. The van der Waals surface area contributed by atoms with Gasteiger partial charge in [0.15, 0.2) is 0 Å². The molecule has 1 aromatic carbocycles. The highest BCUT2D eigenvalue weighted by molar-refractivity contribution is 9.10. The van der Waals surface area contributed by atoms with Crippen molar-refractivity contribution in [2.75, 3.05) is 0 Å². The minimum atomic E-state index is 0.226. The molecule has 0 N–H and O–H groups in total. The van der Waals surface area contributed by atoms with Crippen LogP contribution in [0.4, 0.5) is 0 Å². The average Bonchev–Trinajstić information content (AvgIpc) is 2.02. The number of rotatable bonds is 2. The van der Waals surface area contributed by atoms with Crippen LogP contribution in [0.2, 0.25) is 0 Å². The second-order valence-electron chi connectivity index (χ2n) is 4.81. The molecule has 0 amide bonds. The number of benzene rings is 1. The highest BCUT2D eigenvalue weighted by Gasteiger charge is 2.16. The summed E-state index contributed by atoms with van der Waals surface area (Å²) >= 11 is 3.65. The lowest BCUT2D eigenvalue weighted by molar-refractivity contribution is 0.586. The molecule has 14 heavy (non-hydrogen) atoms. The zero-order valence-electron chi connectivity index (χ0n) is 9.52. The van der Waals surface area contributed by atoms with Gasteiger partial charge in [-0.15, -0.1) is 0 Å². The van der Waals surface area contributed by atoms with Crippen molar-refractivity contribution in [1.29, 1.82) is 0 Å². The molecule has 1 heteroatoms. The van der Waals surface area contributed by atoms with Crippen molar-refractivity contribution in [3.05, 3.63) is 33.8 Å². The standard InChI is InChI=1S/C13H19Br/c1-5-6-10-7-8-11(12(14)9-10)13(2,3)4/h7-9H,5-6H2,1-4H3. The summed E-state index contributed by atoms with van der Waals surface area (Å²) in [5, 5.41) is 0. The molecule has 78 valence electrons. The van der Waals surface area contributed by atoms with Crippen LogP contribution in [-0.4, -0.2) is 0 Å². The number of aryl methyl sites for hydroxylation is 1. The van der Waals surface area contributed by atoms with E-state index in [-0.39, 0.29) is 5.41 Å². The van der Waals surface area contributed by atoms with E-state index in [1.54, 1.807) is 0 Å². The zero-order valence-corrected chi connectivity index (χ0v) is 11.1. The fraction of sp³-hybridized carbons (Fsp3) is 0.538. The van der Waals surface area contributed by atoms with Gasteiger partial charge in [0.1, 0.15) is 0 Å². The third-order valence-electron chi connectivity index (χ3n) is 2.38. The van der Waals surface area contributed by atoms with Gasteiger partial charge in [0.05, 0.1) is 0 Å². The van der Waals surface area contributed by atoms with Crippen LogP contribution in [0, 0.1) is 0 Å². The van der Waals surface area contributed by atoms with E-state index in [2.05, 4.69) is 61.8 Å². The monoisotopic (exact) mass is 254 g/mol. The van der Waals surface area contributed by atoms with E-state index >= 15 is 0 Å². The van der Waals surface area contributed by atoms with Gasteiger partial charge in [0.25, 0.3) is 0 Å². The molecule has 0 nitrogen and oxygen atoms in total. The summed E-state index contributed by atoms with van der Waals surface area (Å²) in [7, 11) is 0. The summed E-state index contributed by atoms with van der Waals surface area (Å²) in [6.45, 7) is 8.94. The summed E-state index contributed by atoms with van der Waals surface area (Å²) in [6, 6.07) is 6.74. The fourth-order valence-electron chi connectivity index (χ4n) is 1.61. The second kappa shape index (κ2) is 4.48.